The Kier molecular flexibility index (Phi) is 4.47. The second-order valence-corrected chi connectivity index (χ2v) is 6.85. The van der Waals surface area contributed by atoms with Crippen molar-refractivity contribution in [3.8, 4) is 11.3 Å². The van der Waals surface area contributed by atoms with Crippen LogP contribution in [-0.2, 0) is 0 Å². The van der Waals surface area contributed by atoms with Crippen LogP contribution in [-0.4, -0.2) is 15.0 Å². The van der Waals surface area contributed by atoms with Crippen molar-refractivity contribution in [3.05, 3.63) is 119 Å². The fraction of sp³-hybridized carbons (Fsp3) is 0. The van der Waals surface area contributed by atoms with Crippen LogP contribution in [0, 0.1) is 0 Å². The van der Waals surface area contributed by atoms with Crippen LogP contribution in [0.2, 0.25) is 0 Å². The van der Waals surface area contributed by atoms with Crippen LogP contribution in [0.5, 0.6) is 0 Å². The lowest BCUT2D eigenvalue weighted by molar-refractivity contribution is 1.24. The van der Waals surface area contributed by atoms with Crippen LogP contribution < -0.4 is 10.7 Å². The van der Waals surface area contributed by atoms with Gasteiger partial charge in [0.05, 0.1) is 17.1 Å². The van der Waals surface area contributed by atoms with Gasteiger partial charge in [0.15, 0.2) is 0 Å². The zero-order valence-electron chi connectivity index (χ0n) is 15.8. The second kappa shape index (κ2) is 7.56. The molecule has 3 heterocycles. The molecule has 0 aliphatic heterocycles. The highest BCUT2D eigenvalue weighted by atomic mass is 14.7. The predicted octanol–water partition coefficient (Wildman–Crippen LogP) is 4.28. The van der Waals surface area contributed by atoms with E-state index >= 15 is 0 Å². The molecule has 0 radical (unpaired) electrons. The minimum Gasteiger partial charge on any atom is -0.354 e. The Labute approximate surface area is 168 Å². The van der Waals surface area contributed by atoms with Gasteiger partial charge >= 0.3 is 0 Å². The number of benzene rings is 2. The van der Waals surface area contributed by atoms with Gasteiger partial charge in [-0.2, -0.15) is 0 Å². The smallest absolute Gasteiger partial charge is 0.0709 e. The Bertz CT molecular complexity index is 1380. The minimum atomic E-state index is 0.919. The van der Waals surface area contributed by atoms with Crippen molar-refractivity contribution < 1.29 is 0 Å². The first kappa shape index (κ1) is 17.1. The van der Waals surface area contributed by atoms with Gasteiger partial charge in [0.25, 0.3) is 0 Å². The highest BCUT2D eigenvalue weighted by Crippen LogP contribution is 2.16. The van der Waals surface area contributed by atoms with Crippen LogP contribution in [0.4, 0.5) is 0 Å². The largest absolute Gasteiger partial charge is 0.354 e. The zero-order valence-corrected chi connectivity index (χ0v) is 15.8. The van der Waals surface area contributed by atoms with Crippen molar-refractivity contribution in [2.75, 3.05) is 0 Å². The molecule has 0 amide bonds. The molecule has 5 rings (SSSR count). The lowest BCUT2D eigenvalue weighted by atomic mass is 10.1. The lowest BCUT2D eigenvalue weighted by Crippen LogP contribution is -2.10. The zero-order chi connectivity index (χ0) is 19.5. The first-order valence-electron chi connectivity index (χ1n) is 9.60. The van der Waals surface area contributed by atoms with Crippen LogP contribution in [0.3, 0.4) is 0 Å². The van der Waals surface area contributed by atoms with E-state index < -0.39 is 0 Å². The summed E-state index contributed by atoms with van der Waals surface area (Å²) in [5.41, 5.74) is 3.93. The quantitative estimate of drug-likeness (QED) is 0.513. The molecule has 1 N–H and O–H groups in total. The fourth-order valence-corrected chi connectivity index (χ4v) is 3.52. The Balaban J connectivity index is 1.67. The van der Waals surface area contributed by atoms with Gasteiger partial charge < -0.3 is 4.98 Å². The molecule has 0 saturated heterocycles. The van der Waals surface area contributed by atoms with Crippen LogP contribution >= 0.6 is 0 Å². The summed E-state index contributed by atoms with van der Waals surface area (Å²) in [6, 6.07) is 30.7. The van der Waals surface area contributed by atoms with E-state index in [0.717, 1.165) is 33.3 Å². The average Bonchev–Trinajstić information content (AvgIpc) is 3.12. The van der Waals surface area contributed by atoms with Gasteiger partial charge in [0, 0.05) is 33.2 Å². The monoisotopic (exact) mass is 373 g/mol. The van der Waals surface area contributed by atoms with Gasteiger partial charge in [0.2, 0.25) is 0 Å². The molecule has 0 bridgehead atoms. The third-order valence-corrected chi connectivity index (χ3v) is 4.89. The summed E-state index contributed by atoms with van der Waals surface area (Å²) in [4.78, 5) is 12.8. The van der Waals surface area contributed by atoms with E-state index in [1.165, 1.54) is 10.8 Å². The number of aromatic amines is 1. The number of hydrogen-bond acceptors (Lipinski definition) is 2. The Morgan fingerprint density at radius 3 is 1.97 bits per heavy atom. The van der Waals surface area contributed by atoms with Gasteiger partial charge in [-0.25, -0.2) is 4.98 Å². The third-order valence-electron chi connectivity index (χ3n) is 4.89. The van der Waals surface area contributed by atoms with E-state index in [-0.39, 0.29) is 0 Å². The number of pyridine rings is 2. The molecule has 0 atom stereocenters. The van der Waals surface area contributed by atoms with Crippen molar-refractivity contribution in [3.63, 3.8) is 0 Å². The Hall–Kier alpha value is -3.98. The van der Waals surface area contributed by atoms with E-state index in [4.69, 9.17) is 4.98 Å². The highest BCUT2D eigenvalue weighted by Gasteiger charge is 2.03. The van der Waals surface area contributed by atoms with Crippen LogP contribution in [0.1, 0.15) is 11.4 Å². The van der Waals surface area contributed by atoms with Gasteiger partial charge in [-0.15, -0.1) is 0 Å². The summed E-state index contributed by atoms with van der Waals surface area (Å²) < 4.78 is 0. The molecule has 3 heteroatoms. The standard InChI is InChI=1S/C26H19N3/c1-2-9-19(10-3-1)24-15-8-12-21(28-24)18-26-23-14-5-4-13-22(23)25(29-26)17-20-11-6-7-16-27-20/h1-18,29H/b25-17-,26-18-. The van der Waals surface area contributed by atoms with E-state index in [2.05, 4.69) is 58.5 Å². The number of fused-ring (bicyclic) bond motifs is 1. The maximum atomic E-state index is 4.84. The predicted molar refractivity (Wildman–Crippen MR) is 119 cm³/mol. The topological polar surface area (TPSA) is 41.6 Å². The number of H-pyrrole nitrogens is 1. The summed E-state index contributed by atoms with van der Waals surface area (Å²) in [5, 5.41) is 4.43. The normalized spacial score (nSPS) is 12.6. The van der Waals surface area contributed by atoms with Gasteiger partial charge in [0.1, 0.15) is 0 Å². The minimum absolute atomic E-state index is 0.919. The Morgan fingerprint density at radius 2 is 1.24 bits per heavy atom. The first-order chi connectivity index (χ1) is 14.4. The number of hydrogen-bond donors (Lipinski definition) is 1. The molecule has 0 fully saturated rings. The summed E-state index contributed by atoms with van der Waals surface area (Å²) in [6.45, 7) is 0. The van der Waals surface area contributed by atoms with E-state index in [1.54, 1.807) is 0 Å². The third kappa shape index (κ3) is 3.58. The maximum Gasteiger partial charge on any atom is 0.0709 e. The lowest BCUT2D eigenvalue weighted by Gasteiger charge is -2.01. The summed E-state index contributed by atoms with van der Waals surface area (Å²) >= 11 is 0. The second-order valence-electron chi connectivity index (χ2n) is 6.85. The first-order valence-corrected chi connectivity index (χ1v) is 9.60. The summed E-state index contributed by atoms with van der Waals surface area (Å²) in [5.74, 6) is 0. The van der Waals surface area contributed by atoms with Crippen LogP contribution in [0.15, 0.2) is 97.2 Å². The molecular weight excluding hydrogens is 354 g/mol. The van der Waals surface area contributed by atoms with Crippen molar-refractivity contribution in [1.29, 1.82) is 0 Å². The van der Waals surface area contributed by atoms with E-state index in [0.29, 0.717) is 0 Å². The summed E-state index contributed by atoms with van der Waals surface area (Å²) in [7, 11) is 0. The molecule has 29 heavy (non-hydrogen) atoms. The number of aromatic nitrogens is 3. The Morgan fingerprint density at radius 1 is 0.586 bits per heavy atom. The molecule has 0 saturated carbocycles. The van der Waals surface area contributed by atoms with Crippen molar-refractivity contribution >= 4 is 22.9 Å². The van der Waals surface area contributed by atoms with Crippen molar-refractivity contribution in [1.82, 2.24) is 15.0 Å². The SMILES string of the molecule is C(/c1ccccn1)=c1/[nH]/c(=C\c2cccc(-c3ccccc3)n2)c2ccccc12. The maximum absolute atomic E-state index is 4.84. The molecule has 138 valence electrons. The van der Waals surface area contributed by atoms with E-state index in [9.17, 15) is 0 Å². The highest BCUT2D eigenvalue weighted by molar-refractivity contribution is 5.85. The number of rotatable bonds is 3. The fourth-order valence-electron chi connectivity index (χ4n) is 3.52. The van der Waals surface area contributed by atoms with E-state index in [1.807, 2.05) is 60.8 Å². The number of nitrogens with one attached hydrogen (secondary N) is 1. The van der Waals surface area contributed by atoms with Crippen molar-refractivity contribution in [2.45, 2.75) is 0 Å². The van der Waals surface area contributed by atoms with Gasteiger partial charge in [-0.05, 0) is 36.4 Å². The molecule has 0 spiro atoms. The molecule has 2 aromatic carbocycles. The van der Waals surface area contributed by atoms with Gasteiger partial charge in [-0.3, -0.25) is 4.98 Å². The summed E-state index contributed by atoms with van der Waals surface area (Å²) in [6.07, 6.45) is 5.99. The number of nitrogens with zero attached hydrogens (tertiary/aromatic N) is 2. The molecule has 0 aliphatic carbocycles. The van der Waals surface area contributed by atoms with Crippen LogP contribution in [0.25, 0.3) is 34.2 Å². The van der Waals surface area contributed by atoms with Crippen molar-refractivity contribution in [2.24, 2.45) is 0 Å². The molecule has 3 nitrogen and oxygen atoms in total. The molecule has 0 aliphatic rings. The molecule has 3 aromatic heterocycles. The molecule has 0 unspecified atom stereocenters. The van der Waals surface area contributed by atoms with Gasteiger partial charge in [-0.1, -0.05) is 66.7 Å². The molecular formula is C26H19N3. The molecule has 5 aromatic rings. The average molecular weight is 373 g/mol.